The van der Waals surface area contributed by atoms with Crippen molar-refractivity contribution in [3.63, 3.8) is 0 Å². The zero-order valence-electron chi connectivity index (χ0n) is 16.5. The van der Waals surface area contributed by atoms with Crippen LogP contribution in [0.2, 0.25) is 0 Å². The van der Waals surface area contributed by atoms with Crippen LogP contribution < -0.4 is 5.32 Å². The van der Waals surface area contributed by atoms with Gasteiger partial charge in [0.15, 0.2) is 0 Å². The van der Waals surface area contributed by atoms with Gasteiger partial charge in [0, 0.05) is 30.6 Å². The Morgan fingerprint density at radius 2 is 1.97 bits per heavy atom. The first-order valence-corrected chi connectivity index (χ1v) is 10.2. The predicted octanol–water partition coefficient (Wildman–Crippen LogP) is 4.10. The maximum Gasteiger partial charge on any atom is 0.241 e. The van der Waals surface area contributed by atoms with Crippen LogP contribution in [0.4, 0.5) is 5.95 Å². The van der Waals surface area contributed by atoms with E-state index < -0.39 is 0 Å². The van der Waals surface area contributed by atoms with Gasteiger partial charge in [-0.05, 0) is 62.9 Å². The molecule has 4 aromatic heterocycles. The molecule has 0 unspecified atom stereocenters. The number of fused-ring (bicyclic) bond motifs is 2. The van der Waals surface area contributed by atoms with E-state index in [1.54, 1.807) is 6.20 Å². The zero-order valence-corrected chi connectivity index (χ0v) is 16.5. The predicted molar refractivity (Wildman–Crippen MR) is 113 cm³/mol. The van der Waals surface area contributed by atoms with Crippen LogP contribution in [0, 0.1) is 0 Å². The molecular weight excluding hydrogens is 364 g/mol. The molecule has 0 amide bonds. The maximum absolute atomic E-state index is 5.74. The monoisotopic (exact) mass is 388 g/mol. The third-order valence-corrected chi connectivity index (χ3v) is 5.56. The molecule has 0 saturated heterocycles. The fourth-order valence-electron chi connectivity index (χ4n) is 4.08. The highest BCUT2D eigenvalue weighted by atomic mass is 16.5. The summed E-state index contributed by atoms with van der Waals surface area (Å²) in [6, 6.07) is 10.3. The summed E-state index contributed by atoms with van der Waals surface area (Å²) in [7, 11) is 0. The molecule has 0 atom stereocenters. The SMILES string of the molecule is CCOC1CCC(Nc2ncc3c(-c4ccc5ncccc5n4)ccn3n2)CC1. The molecule has 29 heavy (non-hydrogen) atoms. The Kier molecular flexibility index (Phi) is 4.81. The van der Waals surface area contributed by atoms with Crippen molar-refractivity contribution in [1.82, 2.24) is 24.6 Å². The molecule has 1 saturated carbocycles. The second kappa shape index (κ2) is 7.75. The Hall–Kier alpha value is -3.06. The minimum atomic E-state index is 0.397. The molecule has 1 N–H and O–H groups in total. The third-order valence-electron chi connectivity index (χ3n) is 5.56. The standard InChI is InChI=1S/C22H24N6O/c1-2-29-16-7-5-15(6-8-16)25-22-24-14-21-17(11-13-28(21)27-22)18-9-10-19-20(26-18)4-3-12-23-19/h3-4,9-16H,2,5-8H2,1H3,(H,25,27). The van der Waals surface area contributed by atoms with Crippen LogP contribution in [0.3, 0.4) is 0 Å². The molecular formula is C22H24N6O. The highest BCUT2D eigenvalue weighted by Crippen LogP contribution is 2.26. The number of ether oxygens (including phenoxy) is 1. The van der Waals surface area contributed by atoms with Crippen molar-refractivity contribution in [1.29, 1.82) is 0 Å². The van der Waals surface area contributed by atoms with E-state index in [0.717, 1.165) is 60.1 Å². The lowest BCUT2D eigenvalue weighted by molar-refractivity contribution is 0.0346. The molecule has 1 fully saturated rings. The second-order valence-corrected chi connectivity index (χ2v) is 7.45. The minimum absolute atomic E-state index is 0.397. The molecule has 0 spiro atoms. The van der Waals surface area contributed by atoms with Gasteiger partial charge in [-0.15, -0.1) is 5.10 Å². The highest BCUT2D eigenvalue weighted by molar-refractivity contribution is 5.83. The van der Waals surface area contributed by atoms with Crippen molar-refractivity contribution in [3.05, 3.63) is 48.9 Å². The largest absolute Gasteiger partial charge is 0.379 e. The van der Waals surface area contributed by atoms with Crippen LogP contribution in [0.1, 0.15) is 32.6 Å². The summed E-state index contributed by atoms with van der Waals surface area (Å²) in [5.41, 5.74) is 4.62. The lowest BCUT2D eigenvalue weighted by Gasteiger charge is -2.28. The van der Waals surface area contributed by atoms with Gasteiger partial charge in [-0.1, -0.05) is 0 Å². The van der Waals surface area contributed by atoms with Crippen LogP contribution in [-0.2, 0) is 4.74 Å². The highest BCUT2D eigenvalue weighted by Gasteiger charge is 2.22. The summed E-state index contributed by atoms with van der Waals surface area (Å²) in [5, 5.41) is 8.14. The van der Waals surface area contributed by atoms with Gasteiger partial charge >= 0.3 is 0 Å². The van der Waals surface area contributed by atoms with E-state index in [2.05, 4.69) is 27.3 Å². The van der Waals surface area contributed by atoms with Gasteiger partial charge in [-0.25, -0.2) is 14.5 Å². The maximum atomic E-state index is 5.74. The average Bonchev–Trinajstić information content (AvgIpc) is 3.18. The van der Waals surface area contributed by atoms with Crippen molar-refractivity contribution in [3.8, 4) is 11.3 Å². The smallest absolute Gasteiger partial charge is 0.241 e. The number of pyridine rings is 2. The molecule has 0 radical (unpaired) electrons. The van der Waals surface area contributed by atoms with Crippen LogP contribution in [-0.4, -0.2) is 43.3 Å². The number of nitrogens with zero attached hydrogens (tertiary/aromatic N) is 5. The fourth-order valence-corrected chi connectivity index (χ4v) is 4.08. The molecule has 1 aliphatic rings. The first kappa shape index (κ1) is 18.0. The van der Waals surface area contributed by atoms with Crippen molar-refractivity contribution in [2.24, 2.45) is 0 Å². The van der Waals surface area contributed by atoms with Gasteiger partial charge in [0.2, 0.25) is 5.95 Å². The van der Waals surface area contributed by atoms with Crippen LogP contribution >= 0.6 is 0 Å². The minimum Gasteiger partial charge on any atom is -0.379 e. The average molecular weight is 388 g/mol. The van der Waals surface area contributed by atoms with Crippen molar-refractivity contribution in [2.45, 2.75) is 44.8 Å². The fraction of sp³-hybridized carbons (Fsp3) is 0.364. The van der Waals surface area contributed by atoms with E-state index in [0.29, 0.717) is 18.1 Å². The summed E-state index contributed by atoms with van der Waals surface area (Å²) < 4.78 is 7.60. The van der Waals surface area contributed by atoms with E-state index in [1.807, 2.05) is 47.2 Å². The normalized spacial score (nSPS) is 19.6. The van der Waals surface area contributed by atoms with Crippen LogP contribution in [0.5, 0.6) is 0 Å². The molecule has 0 bridgehead atoms. The van der Waals surface area contributed by atoms with E-state index in [-0.39, 0.29) is 0 Å². The van der Waals surface area contributed by atoms with Gasteiger partial charge in [0.05, 0.1) is 34.5 Å². The van der Waals surface area contributed by atoms with E-state index in [4.69, 9.17) is 9.72 Å². The van der Waals surface area contributed by atoms with Gasteiger partial charge in [0.1, 0.15) is 0 Å². The molecule has 7 heteroatoms. The third kappa shape index (κ3) is 3.65. The van der Waals surface area contributed by atoms with Crippen molar-refractivity contribution in [2.75, 3.05) is 11.9 Å². The summed E-state index contributed by atoms with van der Waals surface area (Å²) in [5.74, 6) is 0.662. The quantitative estimate of drug-likeness (QED) is 0.555. The number of nitrogens with one attached hydrogen (secondary N) is 1. The lowest BCUT2D eigenvalue weighted by atomic mass is 9.93. The first-order valence-electron chi connectivity index (χ1n) is 10.2. The van der Waals surface area contributed by atoms with Gasteiger partial charge in [0.25, 0.3) is 0 Å². The lowest BCUT2D eigenvalue weighted by Crippen LogP contribution is -2.30. The molecule has 0 aromatic carbocycles. The Bertz CT molecular complexity index is 1130. The number of anilines is 1. The van der Waals surface area contributed by atoms with Gasteiger partial charge < -0.3 is 10.1 Å². The van der Waals surface area contributed by atoms with E-state index in [9.17, 15) is 0 Å². The molecule has 4 heterocycles. The Labute approximate surface area is 169 Å². The topological polar surface area (TPSA) is 77.2 Å². The second-order valence-electron chi connectivity index (χ2n) is 7.45. The zero-order chi connectivity index (χ0) is 19.6. The molecule has 4 aromatic rings. The summed E-state index contributed by atoms with van der Waals surface area (Å²) in [4.78, 5) is 13.6. The summed E-state index contributed by atoms with van der Waals surface area (Å²) in [6.07, 6.45) is 10.3. The molecule has 7 nitrogen and oxygen atoms in total. The number of rotatable bonds is 5. The van der Waals surface area contributed by atoms with Crippen molar-refractivity contribution >= 4 is 22.5 Å². The Morgan fingerprint density at radius 1 is 1.07 bits per heavy atom. The summed E-state index contributed by atoms with van der Waals surface area (Å²) >= 11 is 0. The van der Waals surface area contributed by atoms with Gasteiger partial charge in [-0.2, -0.15) is 0 Å². The first-order chi connectivity index (χ1) is 14.3. The number of hydrogen-bond donors (Lipinski definition) is 1. The Balaban J connectivity index is 1.36. The van der Waals surface area contributed by atoms with E-state index >= 15 is 0 Å². The van der Waals surface area contributed by atoms with Crippen LogP contribution in [0.15, 0.2) is 48.9 Å². The number of hydrogen-bond acceptors (Lipinski definition) is 6. The van der Waals surface area contributed by atoms with Crippen molar-refractivity contribution < 1.29 is 4.74 Å². The Morgan fingerprint density at radius 3 is 2.83 bits per heavy atom. The number of aromatic nitrogens is 5. The summed E-state index contributed by atoms with van der Waals surface area (Å²) in [6.45, 7) is 2.85. The van der Waals surface area contributed by atoms with Gasteiger partial charge in [-0.3, -0.25) is 4.98 Å². The van der Waals surface area contributed by atoms with E-state index in [1.165, 1.54) is 0 Å². The molecule has 0 aliphatic heterocycles. The molecule has 5 rings (SSSR count). The van der Waals surface area contributed by atoms with Crippen LogP contribution in [0.25, 0.3) is 27.8 Å². The molecule has 148 valence electrons. The molecule has 1 aliphatic carbocycles.